The fraction of sp³-hybridized carbons (Fsp3) is 0.250. The van der Waals surface area contributed by atoms with Gasteiger partial charge in [-0.15, -0.1) is 0 Å². The Morgan fingerprint density at radius 2 is 1.91 bits per heavy atom. The van der Waals surface area contributed by atoms with Gasteiger partial charge in [0.2, 0.25) is 5.76 Å². The van der Waals surface area contributed by atoms with Crippen LogP contribution in [0.15, 0.2) is 51.6 Å². The van der Waals surface area contributed by atoms with Crippen molar-refractivity contribution in [1.29, 1.82) is 0 Å². The third-order valence-electron chi connectivity index (χ3n) is 3.96. The molecule has 1 aromatic carbocycles. The molecule has 0 spiro atoms. The highest BCUT2D eigenvalue weighted by Gasteiger charge is 2.41. The number of amides is 1. The number of benzene rings is 1. The average molecular weight is 364 g/mol. The van der Waals surface area contributed by atoms with Crippen LogP contribution in [0.1, 0.15) is 22.0 Å². The molecule has 1 fully saturated rings. The molecule has 0 aliphatic carbocycles. The van der Waals surface area contributed by atoms with Crippen LogP contribution in [0.3, 0.4) is 0 Å². The fourth-order valence-corrected chi connectivity index (χ4v) is 3.22. The summed E-state index contributed by atoms with van der Waals surface area (Å²) in [5.74, 6) is -1.79. The molecule has 5 nitrogen and oxygen atoms in total. The summed E-state index contributed by atoms with van der Waals surface area (Å²) in [6.07, 6.45) is 1.43. The molecule has 0 bridgehead atoms. The van der Waals surface area contributed by atoms with E-state index >= 15 is 0 Å². The van der Waals surface area contributed by atoms with Gasteiger partial charge in [0.05, 0.1) is 16.7 Å². The van der Waals surface area contributed by atoms with Crippen molar-refractivity contribution in [3.05, 3.63) is 58.5 Å². The molecule has 0 radical (unpaired) electrons. The van der Waals surface area contributed by atoms with Gasteiger partial charge >= 0.3 is 5.97 Å². The number of carbonyl (C=O) groups excluding carboxylic acids is 1. The predicted octanol–water partition coefficient (Wildman–Crippen LogP) is 2.98. The van der Waals surface area contributed by atoms with E-state index in [1.165, 1.54) is 6.26 Å². The van der Waals surface area contributed by atoms with E-state index in [1.54, 1.807) is 11.0 Å². The second kappa shape index (κ2) is 5.96. The van der Waals surface area contributed by atoms with Crippen LogP contribution in [0.25, 0.3) is 0 Å². The van der Waals surface area contributed by atoms with Gasteiger partial charge < -0.3 is 14.4 Å². The minimum Gasteiger partial charge on any atom is -0.481 e. The van der Waals surface area contributed by atoms with Crippen LogP contribution in [-0.4, -0.2) is 35.0 Å². The molecule has 2 heterocycles. The Morgan fingerprint density at radius 3 is 2.50 bits per heavy atom. The molecule has 6 heteroatoms. The molecule has 1 saturated heterocycles. The number of rotatable bonds is 3. The molecular formula is C16H14BrNO4. The average Bonchev–Trinajstić information content (AvgIpc) is 3.14. The van der Waals surface area contributed by atoms with Crippen molar-refractivity contribution in [3.8, 4) is 0 Å². The zero-order valence-corrected chi connectivity index (χ0v) is 13.2. The summed E-state index contributed by atoms with van der Waals surface area (Å²) in [5, 5.41) is 9.46. The third-order valence-corrected chi connectivity index (χ3v) is 4.59. The number of likely N-dealkylation sites (tertiary alicyclic amines) is 1. The minimum atomic E-state index is -0.886. The van der Waals surface area contributed by atoms with Crippen molar-refractivity contribution in [2.45, 2.75) is 5.92 Å². The molecule has 1 aromatic heterocycles. The Balaban J connectivity index is 1.86. The van der Waals surface area contributed by atoms with Crippen LogP contribution in [0.4, 0.5) is 0 Å². The molecular weight excluding hydrogens is 350 g/mol. The lowest BCUT2D eigenvalue weighted by molar-refractivity contribution is -0.141. The number of nitrogens with zero attached hydrogens (tertiary/aromatic N) is 1. The number of aliphatic carboxylic acids is 1. The molecule has 2 aromatic rings. The first-order chi connectivity index (χ1) is 10.6. The van der Waals surface area contributed by atoms with Crippen molar-refractivity contribution in [3.63, 3.8) is 0 Å². The van der Waals surface area contributed by atoms with Gasteiger partial charge in [-0.1, -0.05) is 30.3 Å². The van der Waals surface area contributed by atoms with Crippen LogP contribution in [-0.2, 0) is 4.79 Å². The smallest absolute Gasteiger partial charge is 0.308 e. The van der Waals surface area contributed by atoms with Crippen molar-refractivity contribution in [2.24, 2.45) is 5.92 Å². The topological polar surface area (TPSA) is 70.8 Å². The maximum Gasteiger partial charge on any atom is 0.308 e. The quantitative estimate of drug-likeness (QED) is 0.909. The van der Waals surface area contributed by atoms with E-state index in [9.17, 15) is 14.7 Å². The molecule has 0 saturated carbocycles. The lowest BCUT2D eigenvalue weighted by Crippen LogP contribution is -2.29. The monoisotopic (exact) mass is 363 g/mol. The van der Waals surface area contributed by atoms with E-state index in [2.05, 4.69) is 15.9 Å². The van der Waals surface area contributed by atoms with Crippen LogP contribution in [0.2, 0.25) is 0 Å². The van der Waals surface area contributed by atoms with Crippen molar-refractivity contribution >= 4 is 27.8 Å². The van der Waals surface area contributed by atoms with Crippen molar-refractivity contribution in [1.82, 2.24) is 4.90 Å². The van der Waals surface area contributed by atoms with Crippen molar-refractivity contribution in [2.75, 3.05) is 13.1 Å². The molecule has 3 rings (SSSR count). The van der Waals surface area contributed by atoms with E-state index in [1.807, 2.05) is 30.3 Å². The van der Waals surface area contributed by atoms with Gasteiger partial charge in [0.1, 0.15) is 0 Å². The van der Waals surface area contributed by atoms with Gasteiger partial charge in [0.15, 0.2) is 0 Å². The van der Waals surface area contributed by atoms with E-state index < -0.39 is 11.9 Å². The SMILES string of the molecule is O=C(O)C1CN(C(=O)c2occc2Br)CC1c1ccccc1. The lowest BCUT2D eigenvalue weighted by Gasteiger charge is -2.15. The van der Waals surface area contributed by atoms with Gasteiger partial charge in [0.25, 0.3) is 5.91 Å². The van der Waals surface area contributed by atoms with Gasteiger partial charge in [-0.3, -0.25) is 9.59 Å². The standard InChI is InChI=1S/C16H14BrNO4/c17-13-6-7-22-14(13)15(19)18-8-11(12(9-18)16(20)21)10-4-2-1-3-5-10/h1-7,11-12H,8-9H2,(H,20,21). The lowest BCUT2D eigenvalue weighted by atomic mass is 9.89. The zero-order valence-electron chi connectivity index (χ0n) is 11.6. The van der Waals surface area contributed by atoms with Gasteiger partial charge in [-0.25, -0.2) is 0 Å². The van der Waals surface area contributed by atoms with Crippen LogP contribution in [0.5, 0.6) is 0 Å². The number of carboxylic acids is 1. The summed E-state index contributed by atoms with van der Waals surface area (Å²) >= 11 is 3.26. The summed E-state index contributed by atoms with van der Waals surface area (Å²) in [4.78, 5) is 25.6. The zero-order chi connectivity index (χ0) is 15.7. The van der Waals surface area contributed by atoms with Gasteiger partial charge in [0, 0.05) is 19.0 Å². The maximum atomic E-state index is 12.5. The fourth-order valence-electron chi connectivity index (χ4n) is 2.85. The Bertz CT molecular complexity index is 697. The molecule has 114 valence electrons. The Labute approximate surface area is 135 Å². The molecule has 2 unspecified atom stereocenters. The first-order valence-electron chi connectivity index (χ1n) is 6.88. The molecule has 22 heavy (non-hydrogen) atoms. The highest BCUT2D eigenvalue weighted by Crippen LogP contribution is 2.34. The number of hydrogen-bond donors (Lipinski definition) is 1. The van der Waals surface area contributed by atoms with E-state index in [0.717, 1.165) is 5.56 Å². The normalized spacial score (nSPS) is 21.0. The largest absolute Gasteiger partial charge is 0.481 e. The molecule has 1 aliphatic heterocycles. The van der Waals surface area contributed by atoms with E-state index in [0.29, 0.717) is 11.0 Å². The Morgan fingerprint density at radius 1 is 1.18 bits per heavy atom. The second-order valence-corrected chi connectivity index (χ2v) is 6.12. The summed E-state index contributed by atoms with van der Waals surface area (Å²) < 4.78 is 5.77. The highest BCUT2D eigenvalue weighted by atomic mass is 79.9. The van der Waals surface area contributed by atoms with E-state index in [4.69, 9.17) is 4.42 Å². The third kappa shape index (κ3) is 2.66. The van der Waals surface area contributed by atoms with Crippen LogP contribution < -0.4 is 0 Å². The molecule has 2 atom stereocenters. The van der Waals surface area contributed by atoms with Gasteiger partial charge in [-0.2, -0.15) is 0 Å². The molecule has 1 amide bonds. The first-order valence-corrected chi connectivity index (χ1v) is 7.67. The first kappa shape index (κ1) is 14.8. The van der Waals surface area contributed by atoms with E-state index in [-0.39, 0.29) is 24.1 Å². The Hall–Kier alpha value is -2.08. The van der Waals surface area contributed by atoms with Gasteiger partial charge in [-0.05, 0) is 27.6 Å². The molecule has 1 N–H and O–H groups in total. The number of furan rings is 1. The summed E-state index contributed by atoms with van der Waals surface area (Å²) in [7, 11) is 0. The highest BCUT2D eigenvalue weighted by molar-refractivity contribution is 9.10. The number of hydrogen-bond acceptors (Lipinski definition) is 3. The minimum absolute atomic E-state index is 0.181. The Kier molecular flexibility index (Phi) is 4.02. The predicted molar refractivity (Wildman–Crippen MR) is 82.6 cm³/mol. The maximum absolute atomic E-state index is 12.5. The van der Waals surface area contributed by atoms with Crippen LogP contribution in [0, 0.1) is 5.92 Å². The van der Waals surface area contributed by atoms with Crippen molar-refractivity contribution < 1.29 is 19.1 Å². The summed E-state index contributed by atoms with van der Waals surface area (Å²) in [6, 6.07) is 11.1. The summed E-state index contributed by atoms with van der Waals surface area (Å²) in [5.41, 5.74) is 0.934. The van der Waals surface area contributed by atoms with Crippen LogP contribution >= 0.6 is 15.9 Å². The number of carboxylic acid groups (broad SMARTS) is 1. The number of halogens is 1. The number of carbonyl (C=O) groups is 2. The molecule has 1 aliphatic rings. The summed E-state index contributed by atoms with van der Waals surface area (Å²) in [6.45, 7) is 0.549. The second-order valence-electron chi connectivity index (χ2n) is 5.27.